The van der Waals surface area contributed by atoms with Crippen LogP contribution in [0.25, 0.3) is 0 Å². The SMILES string of the molecule is NC(c1sccc1Br)C1CCSC1. The quantitative estimate of drug-likeness (QED) is 0.898. The lowest BCUT2D eigenvalue weighted by Crippen LogP contribution is -2.20. The Labute approximate surface area is 95.2 Å². The second-order valence-corrected chi connectivity index (χ2v) is 6.23. The van der Waals surface area contributed by atoms with Crippen molar-refractivity contribution in [3.8, 4) is 0 Å². The summed E-state index contributed by atoms with van der Waals surface area (Å²) in [6.45, 7) is 0. The van der Waals surface area contributed by atoms with Crippen LogP contribution in [0, 0.1) is 5.92 Å². The van der Waals surface area contributed by atoms with Gasteiger partial charge in [0.15, 0.2) is 0 Å². The van der Waals surface area contributed by atoms with Crippen LogP contribution < -0.4 is 5.73 Å². The fourth-order valence-electron chi connectivity index (χ4n) is 1.59. The summed E-state index contributed by atoms with van der Waals surface area (Å²) in [7, 11) is 0. The third-order valence-corrected chi connectivity index (χ3v) is 5.58. The lowest BCUT2D eigenvalue weighted by Gasteiger charge is -2.17. The molecule has 0 aromatic carbocycles. The number of thiophene rings is 1. The van der Waals surface area contributed by atoms with E-state index in [1.807, 2.05) is 11.8 Å². The standard InChI is InChI=1S/C9H12BrNS2/c10-7-2-4-13-9(7)8(11)6-1-3-12-5-6/h2,4,6,8H,1,3,5,11H2. The Bertz CT molecular complexity index is 281. The van der Waals surface area contributed by atoms with E-state index in [1.54, 1.807) is 11.3 Å². The molecule has 1 aliphatic rings. The monoisotopic (exact) mass is 277 g/mol. The molecule has 1 aromatic rings. The first-order valence-electron chi connectivity index (χ1n) is 4.35. The Kier molecular flexibility index (Phi) is 3.35. The Hall–Kier alpha value is 0.490. The Morgan fingerprint density at radius 2 is 2.46 bits per heavy atom. The van der Waals surface area contributed by atoms with Crippen molar-refractivity contribution in [3.63, 3.8) is 0 Å². The van der Waals surface area contributed by atoms with Crippen molar-refractivity contribution in [1.29, 1.82) is 0 Å². The summed E-state index contributed by atoms with van der Waals surface area (Å²) in [6, 6.07) is 2.33. The average molecular weight is 278 g/mol. The zero-order valence-electron chi connectivity index (χ0n) is 7.20. The predicted octanol–water partition coefficient (Wildman–Crippen LogP) is 3.26. The van der Waals surface area contributed by atoms with E-state index in [0.29, 0.717) is 5.92 Å². The van der Waals surface area contributed by atoms with Crippen molar-refractivity contribution >= 4 is 39.0 Å². The summed E-state index contributed by atoms with van der Waals surface area (Å²) >= 11 is 7.32. The van der Waals surface area contributed by atoms with Crippen LogP contribution >= 0.6 is 39.0 Å². The van der Waals surface area contributed by atoms with Crippen molar-refractivity contribution in [3.05, 3.63) is 20.8 Å². The van der Waals surface area contributed by atoms with Gasteiger partial charge in [-0.2, -0.15) is 11.8 Å². The van der Waals surface area contributed by atoms with Crippen molar-refractivity contribution < 1.29 is 0 Å². The van der Waals surface area contributed by atoms with Crippen LogP contribution in [0.15, 0.2) is 15.9 Å². The topological polar surface area (TPSA) is 26.0 Å². The van der Waals surface area contributed by atoms with E-state index >= 15 is 0 Å². The Morgan fingerprint density at radius 1 is 1.62 bits per heavy atom. The van der Waals surface area contributed by atoms with Gasteiger partial charge in [0.2, 0.25) is 0 Å². The maximum Gasteiger partial charge on any atom is 0.0438 e. The lowest BCUT2D eigenvalue weighted by atomic mass is 9.99. The molecule has 2 atom stereocenters. The maximum atomic E-state index is 6.21. The highest BCUT2D eigenvalue weighted by atomic mass is 79.9. The molecule has 0 radical (unpaired) electrons. The van der Waals surface area contributed by atoms with E-state index in [0.717, 1.165) is 0 Å². The maximum absolute atomic E-state index is 6.21. The molecule has 0 saturated carbocycles. The number of halogens is 1. The van der Waals surface area contributed by atoms with Crippen molar-refractivity contribution in [2.75, 3.05) is 11.5 Å². The minimum atomic E-state index is 0.240. The van der Waals surface area contributed by atoms with Gasteiger partial charge in [0.1, 0.15) is 0 Å². The molecule has 2 unspecified atom stereocenters. The molecule has 1 aliphatic heterocycles. The van der Waals surface area contributed by atoms with Gasteiger partial charge in [-0.15, -0.1) is 11.3 Å². The van der Waals surface area contributed by atoms with Crippen molar-refractivity contribution in [2.45, 2.75) is 12.5 Å². The van der Waals surface area contributed by atoms with Gasteiger partial charge >= 0.3 is 0 Å². The first-order valence-corrected chi connectivity index (χ1v) is 7.18. The number of nitrogens with two attached hydrogens (primary N) is 1. The summed E-state index contributed by atoms with van der Waals surface area (Å²) in [5.41, 5.74) is 6.21. The smallest absolute Gasteiger partial charge is 0.0438 e. The number of hydrogen-bond acceptors (Lipinski definition) is 3. The van der Waals surface area contributed by atoms with Gasteiger partial charge in [0.25, 0.3) is 0 Å². The average Bonchev–Trinajstić information content (AvgIpc) is 2.72. The molecule has 0 amide bonds. The van der Waals surface area contributed by atoms with E-state index < -0.39 is 0 Å². The zero-order chi connectivity index (χ0) is 9.26. The summed E-state index contributed by atoms with van der Waals surface area (Å²) in [6.07, 6.45) is 1.27. The van der Waals surface area contributed by atoms with Gasteiger partial charge in [0.05, 0.1) is 0 Å². The highest BCUT2D eigenvalue weighted by molar-refractivity contribution is 9.10. The fraction of sp³-hybridized carbons (Fsp3) is 0.556. The third kappa shape index (κ3) is 2.12. The van der Waals surface area contributed by atoms with Gasteiger partial charge < -0.3 is 5.73 Å². The summed E-state index contributed by atoms with van der Waals surface area (Å²) in [5.74, 6) is 3.19. The molecular formula is C9H12BrNS2. The van der Waals surface area contributed by atoms with Crippen LogP contribution in [0.2, 0.25) is 0 Å². The highest BCUT2D eigenvalue weighted by Gasteiger charge is 2.25. The largest absolute Gasteiger partial charge is 0.323 e. The first-order chi connectivity index (χ1) is 6.29. The van der Waals surface area contributed by atoms with Gasteiger partial charge in [-0.3, -0.25) is 0 Å². The molecule has 0 spiro atoms. The third-order valence-electron chi connectivity index (χ3n) is 2.42. The van der Waals surface area contributed by atoms with Crippen LogP contribution in [-0.2, 0) is 0 Å². The van der Waals surface area contributed by atoms with Crippen LogP contribution in [0.1, 0.15) is 17.3 Å². The van der Waals surface area contributed by atoms with Crippen LogP contribution in [0.4, 0.5) is 0 Å². The molecule has 1 saturated heterocycles. The van der Waals surface area contributed by atoms with Crippen LogP contribution in [-0.4, -0.2) is 11.5 Å². The van der Waals surface area contributed by atoms with Crippen LogP contribution in [0.5, 0.6) is 0 Å². The molecule has 0 bridgehead atoms. The number of thioether (sulfide) groups is 1. The van der Waals surface area contributed by atoms with E-state index in [2.05, 4.69) is 27.4 Å². The zero-order valence-corrected chi connectivity index (χ0v) is 10.4. The lowest BCUT2D eigenvalue weighted by molar-refractivity contribution is 0.487. The molecule has 2 N–H and O–H groups in total. The van der Waals surface area contributed by atoms with Gasteiger partial charge in [-0.1, -0.05) is 0 Å². The van der Waals surface area contributed by atoms with E-state index in [4.69, 9.17) is 5.73 Å². The van der Waals surface area contributed by atoms with Gasteiger partial charge in [0, 0.05) is 15.4 Å². The molecule has 4 heteroatoms. The molecular weight excluding hydrogens is 266 g/mol. The van der Waals surface area contributed by atoms with E-state index in [-0.39, 0.29) is 6.04 Å². The first kappa shape index (κ1) is 10.0. The molecule has 2 heterocycles. The predicted molar refractivity (Wildman–Crippen MR) is 64.4 cm³/mol. The Balaban J connectivity index is 2.12. The van der Waals surface area contributed by atoms with Gasteiger partial charge in [-0.05, 0) is 51.2 Å². The van der Waals surface area contributed by atoms with Crippen molar-refractivity contribution in [2.24, 2.45) is 11.7 Å². The number of hydrogen-bond donors (Lipinski definition) is 1. The molecule has 1 aromatic heterocycles. The summed E-state index contributed by atoms with van der Waals surface area (Å²) in [5, 5.41) is 2.10. The molecule has 2 rings (SSSR count). The number of rotatable bonds is 2. The minimum Gasteiger partial charge on any atom is -0.323 e. The molecule has 0 aliphatic carbocycles. The molecule has 13 heavy (non-hydrogen) atoms. The van der Waals surface area contributed by atoms with E-state index in [9.17, 15) is 0 Å². The van der Waals surface area contributed by atoms with Gasteiger partial charge in [-0.25, -0.2) is 0 Å². The second kappa shape index (κ2) is 4.34. The summed E-state index contributed by atoms with van der Waals surface area (Å²) < 4.78 is 1.18. The molecule has 1 fully saturated rings. The van der Waals surface area contributed by atoms with Crippen LogP contribution in [0.3, 0.4) is 0 Å². The highest BCUT2D eigenvalue weighted by Crippen LogP contribution is 2.37. The minimum absolute atomic E-state index is 0.240. The molecule has 1 nitrogen and oxygen atoms in total. The summed E-state index contributed by atoms with van der Waals surface area (Å²) in [4.78, 5) is 1.31. The Morgan fingerprint density at radius 3 is 3.00 bits per heavy atom. The normalized spacial score (nSPS) is 24.9. The fourth-order valence-corrected chi connectivity index (χ4v) is 4.64. The molecule has 72 valence electrons. The van der Waals surface area contributed by atoms with E-state index in [1.165, 1.54) is 27.3 Å². The second-order valence-electron chi connectivity index (χ2n) is 3.28. The van der Waals surface area contributed by atoms with Crippen molar-refractivity contribution in [1.82, 2.24) is 0 Å².